The fourth-order valence-electron chi connectivity index (χ4n) is 2.28. The van der Waals surface area contributed by atoms with Gasteiger partial charge in [0.25, 0.3) is 0 Å². The van der Waals surface area contributed by atoms with Gasteiger partial charge in [-0.2, -0.15) is 5.26 Å². The molecule has 1 aromatic rings. The highest BCUT2D eigenvalue weighted by molar-refractivity contribution is 5.90. The third-order valence-electron chi connectivity index (χ3n) is 3.29. The van der Waals surface area contributed by atoms with Crippen molar-refractivity contribution < 1.29 is 4.79 Å². The minimum Gasteiger partial charge on any atom is -0.325 e. The molecule has 1 aromatic heterocycles. The second-order valence-corrected chi connectivity index (χ2v) is 4.81. The van der Waals surface area contributed by atoms with Crippen LogP contribution < -0.4 is 5.32 Å². The molecule has 0 unspecified atom stereocenters. The first-order chi connectivity index (χ1) is 9.28. The van der Waals surface area contributed by atoms with Crippen molar-refractivity contribution in [1.29, 1.82) is 5.26 Å². The Morgan fingerprint density at radius 2 is 2.53 bits per heavy atom. The van der Waals surface area contributed by atoms with Gasteiger partial charge < -0.3 is 10.2 Å². The van der Waals surface area contributed by atoms with Gasteiger partial charge in [-0.1, -0.05) is 0 Å². The van der Waals surface area contributed by atoms with Gasteiger partial charge in [0.2, 0.25) is 5.91 Å². The predicted molar refractivity (Wildman–Crippen MR) is 72.3 cm³/mol. The molecule has 0 radical (unpaired) electrons. The Morgan fingerprint density at radius 1 is 1.63 bits per heavy atom. The third-order valence-corrected chi connectivity index (χ3v) is 3.29. The first-order valence-corrected chi connectivity index (χ1v) is 6.60. The molecule has 2 rings (SSSR count). The third kappa shape index (κ3) is 4.34. The zero-order chi connectivity index (χ0) is 13.5. The highest BCUT2D eigenvalue weighted by Crippen LogP contribution is 2.15. The summed E-state index contributed by atoms with van der Waals surface area (Å²) in [6.07, 6.45) is 5.78. The fraction of sp³-hybridized carbons (Fsp3) is 0.500. The Morgan fingerprint density at radius 3 is 3.26 bits per heavy atom. The van der Waals surface area contributed by atoms with Gasteiger partial charge in [-0.15, -0.1) is 0 Å². The number of hydrogen-bond donors (Lipinski definition) is 1. The molecule has 1 amide bonds. The van der Waals surface area contributed by atoms with E-state index in [-0.39, 0.29) is 11.8 Å². The van der Waals surface area contributed by atoms with Crippen LogP contribution in [0.2, 0.25) is 0 Å². The lowest BCUT2D eigenvalue weighted by Gasteiger charge is -2.29. The van der Waals surface area contributed by atoms with E-state index in [4.69, 9.17) is 5.26 Å². The molecule has 19 heavy (non-hydrogen) atoms. The number of piperidine rings is 1. The molecule has 100 valence electrons. The van der Waals surface area contributed by atoms with Crippen LogP contribution in [0, 0.1) is 17.2 Å². The molecule has 1 N–H and O–H groups in total. The van der Waals surface area contributed by atoms with Gasteiger partial charge in [-0.25, -0.2) is 0 Å². The van der Waals surface area contributed by atoms with Gasteiger partial charge in [0.1, 0.15) is 0 Å². The molecular weight excluding hydrogens is 240 g/mol. The minimum atomic E-state index is -0.00733. The molecule has 5 nitrogen and oxygen atoms in total. The van der Waals surface area contributed by atoms with Crippen LogP contribution in [0.5, 0.6) is 0 Å². The van der Waals surface area contributed by atoms with Gasteiger partial charge >= 0.3 is 0 Å². The van der Waals surface area contributed by atoms with Crippen LogP contribution in [0.25, 0.3) is 0 Å². The van der Waals surface area contributed by atoms with E-state index in [0.717, 1.165) is 31.6 Å². The maximum Gasteiger partial charge on any atom is 0.225 e. The summed E-state index contributed by atoms with van der Waals surface area (Å²) in [7, 11) is 0. The highest BCUT2D eigenvalue weighted by atomic mass is 16.1. The lowest BCUT2D eigenvalue weighted by atomic mass is 10.00. The average molecular weight is 258 g/mol. The van der Waals surface area contributed by atoms with Crippen molar-refractivity contribution in [2.75, 3.05) is 25.0 Å². The number of rotatable bonds is 4. The first-order valence-electron chi connectivity index (χ1n) is 6.60. The van der Waals surface area contributed by atoms with E-state index in [1.807, 2.05) is 6.07 Å². The average Bonchev–Trinajstić information content (AvgIpc) is 2.46. The summed E-state index contributed by atoms with van der Waals surface area (Å²) in [4.78, 5) is 17.9. The molecule has 1 atom stereocenters. The Hall–Kier alpha value is -1.93. The summed E-state index contributed by atoms with van der Waals surface area (Å²) in [6, 6.07) is 5.92. The predicted octanol–water partition coefficient (Wildman–Crippen LogP) is 1.65. The van der Waals surface area contributed by atoms with Crippen LogP contribution in [0.15, 0.2) is 24.5 Å². The summed E-state index contributed by atoms with van der Waals surface area (Å²) in [5.41, 5.74) is 0.723. The van der Waals surface area contributed by atoms with Gasteiger partial charge in [-0.3, -0.25) is 9.78 Å². The van der Waals surface area contributed by atoms with E-state index >= 15 is 0 Å². The molecule has 1 saturated heterocycles. The number of amides is 1. The zero-order valence-corrected chi connectivity index (χ0v) is 10.9. The Kier molecular flexibility index (Phi) is 4.87. The summed E-state index contributed by atoms with van der Waals surface area (Å²) < 4.78 is 0. The summed E-state index contributed by atoms with van der Waals surface area (Å²) in [6.45, 7) is 2.49. The SMILES string of the molecule is N#C[C@H]1CCCN(CCC(=O)Nc2cccnc2)C1. The molecule has 0 saturated carbocycles. The molecule has 1 aliphatic heterocycles. The van der Waals surface area contributed by atoms with Crippen molar-refractivity contribution in [3.8, 4) is 6.07 Å². The largest absolute Gasteiger partial charge is 0.325 e. The normalized spacial score (nSPS) is 19.6. The molecule has 0 bridgehead atoms. The van der Waals surface area contributed by atoms with Crippen molar-refractivity contribution in [3.63, 3.8) is 0 Å². The first kappa shape index (κ1) is 13.5. The van der Waals surface area contributed by atoms with Crippen LogP contribution in [-0.2, 0) is 4.79 Å². The molecule has 1 aliphatic rings. The standard InChI is InChI=1S/C14H18N4O/c15-9-12-3-2-7-18(11-12)8-5-14(19)17-13-4-1-6-16-10-13/h1,4,6,10,12H,2-3,5,7-8,11H2,(H,17,19)/t12-/m1/s1. The lowest BCUT2D eigenvalue weighted by Crippen LogP contribution is -2.36. The minimum absolute atomic E-state index is 0.00733. The van der Waals surface area contributed by atoms with Gasteiger partial charge in [0.15, 0.2) is 0 Å². The van der Waals surface area contributed by atoms with Crippen molar-refractivity contribution in [2.45, 2.75) is 19.3 Å². The van der Waals surface area contributed by atoms with Crippen molar-refractivity contribution in [2.24, 2.45) is 5.92 Å². The number of likely N-dealkylation sites (tertiary alicyclic amines) is 1. The van der Waals surface area contributed by atoms with Crippen molar-refractivity contribution in [3.05, 3.63) is 24.5 Å². The number of pyridine rings is 1. The number of carbonyl (C=O) groups is 1. The molecule has 0 spiro atoms. The molecule has 0 aliphatic carbocycles. The quantitative estimate of drug-likeness (QED) is 0.891. The molecule has 1 fully saturated rings. The number of nitriles is 1. The van der Waals surface area contributed by atoms with E-state index in [9.17, 15) is 4.79 Å². The van der Waals surface area contributed by atoms with Crippen LogP contribution in [0.4, 0.5) is 5.69 Å². The number of hydrogen-bond acceptors (Lipinski definition) is 4. The number of nitrogens with one attached hydrogen (secondary N) is 1. The number of anilines is 1. The van der Waals surface area contributed by atoms with Gasteiger partial charge in [-0.05, 0) is 31.5 Å². The second kappa shape index (κ2) is 6.86. The van der Waals surface area contributed by atoms with E-state index in [1.54, 1.807) is 18.5 Å². The number of carbonyl (C=O) groups excluding carboxylic acids is 1. The van der Waals surface area contributed by atoms with E-state index in [0.29, 0.717) is 13.0 Å². The Bertz CT molecular complexity index is 454. The lowest BCUT2D eigenvalue weighted by molar-refractivity contribution is -0.116. The van der Waals surface area contributed by atoms with Crippen LogP contribution in [0.3, 0.4) is 0 Å². The Labute approximate surface area is 113 Å². The fourth-order valence-corrected chi connectivity index (χ4v) is 2.28. The number of nitrogens with zero attached hydrogens (tertiary/aromatic N) is 3. The van der Waals surface area contributed by atoms with Crippen LogP contribution in [-0.4, -0.2) is 35.4 Å². The van der Waals surface area contributed by atoms with E-state index < -0.39 is 0 Å². The molecule has 5 heteroatoms. The van der Waals surface area contributed by atoms with Crippen LogP contribution >= 0.6 is 0 Å². The maximum absolute atomic E-state index is 11.8. The zero-order valence-electron chi connectivity index (χ0n) is 10.9. The summed E-state index contributed by atoms with van der Waals surface area (Å²) in [5.74, 6) is 0.113. The monoisotopic (exact) mass is 258 g/mol. The van der Waals surface area contributed by atoms with E-state index in [1.165, 1.54) is 0 Å². The second-order valence-electron chi connectivity index (χ2n) is 4.81. The topological polar surface area (TPSA) is 69.0 Å². The number of aromatic nitrogens is 1. The highest BCUT2D eigenvalue weighted by Gasteiger charge is 2.19. The summed E-state index contributed by atoms with van der Waals surface area (Å²) in [5, 5.41) is 11.7. The van der Waals surface area contributed by atoms with Crippen molar-refractivity contribution in [1.82, 2.24) is 9.88 Å². The van der Waals surface area contributed by atoms with Crippen molar-refractivity contribution >= 4 is 11.6 Å². The summed E-state index contributed by atoms with van der Waals surface area (Å²) >= 11 is 0. The molecule has 2 heterocycles. The molecule has 0 aromatic carbocycles. The van der Waals surface area contributed by atoms with E-state index in [2.05, 4.69) is 21.3 Å². The maximum atomic E-state index is 11.8. The smallest absolute Gasteiger partial charge is 0.225 e. The Balaban J connectivity index is 1.73. The van der Waals surface area contributed by atoms with Crippen LogP contribution in [0.1, 0.15) is 19.3 Å². The van der Waals surface area contributed by atoms with Gasteiger partial charge in [0, 0.05) is 25.7 Å². The van der Waals surface area contributed by atoms with Gasteiger partial charge in [0.05, 0.1) is 23.9 Å². The molecular formula is C14H18N4O.